The second-order valence-electron chi connectivity index (χ2n) is 6.85. The van der Waals surface area contributed by atoms with Crippen molar-refractivity contribution in [1.82, 2.24) is 10.2 Å². The van der Waals surface area contributed by atoms with Crippen molar-refractivity contribution in [2.24, 2.45) is 0 Å². The molecule has 0 aliphatic carbocycles. The fourth-order valence-corrected chi connectivity index (χ4v) is 3.33. The molecule has 0 unspecified atom stereocenters. The van der Waals surface area contributed by atoms with E-state index in [1.54, 1.807) is 13.2 Å². The number of benzene rings is 2. The van der Waals surface area contributed by atoms with E-state index in [0.29, 0.717) is 25.2 Å². The number of carbonyl (C=O) groups excluding carboxylic acids is 2. The van der Waals surface area contributed by atoms with Crippen LogP contribution >= 0.6 is 0 Å². The predicted octanol–water partition coefficient (Wildman–Crippen LogP) is 2.56. The summed E-state index contributed by atoms with van der Waals surface area (Å²) < 4.78 is 9.94. The molecule has 2 amide bonds. The van der Waals surface area contributed by atoms with E-state index in [4.69, 9.17) is 9.47 Å². The van der Waals surface area contributed by atoms with E-state index in [1.165, 1.54) is 7.11 Å². The highest BCUT2D eigenvalue weighted by molar-refractivity contribution is 5.90. The Morgan fingerprint density at radius 2 is 1.72 bits per heavy atom. The molecule has 154 valence electrons. The van der Waals surface area contributed by atoms with Crippen molar-refractivity contribution in [2.45, 2.75) is 6.42 Å². The Morgan fingerprint density at radius 1 is 1.00 bits per heavy atom. The normalized spacial score (nSPS) is 13.7. The van der Waals surface area contributed by atoms with Gasteiger partial charge in [-0.25, -0.2) is 9.59 Å². The first-order valence-electron chi connectivity index (χ1n) is 9.69. The number of hydrogen-bond acceptors (Lipinski definition) is 5. The van der Waals surface area contributed by atoms with Crippen molar-refractivity contribution in [3.63, 3.8) is 0 Å². The Labute approximate surface area is 171 Å². The van der Waals surface area contributed by atoms with Gasteiger partial charge in [0, 0.05) is 38.4 Å². The lowest BCUT2D eigenvalue weighted by atomic mass is 10.1. The topological polar surface area (TPSA) is 71.1 Å². The van der Waals surface area contributed by atoms with Gasteiger partial charge >= 0.3 is 12.0 Å². The number of hydrogen-bond donors (Lipinski definition) is 1. The fraction of sp³-hybridized carbons (Fsp3) is 0.364. The zero-order chi connectivity index (χ0) is 20.6. The van der Waals surface area contributed by atoms with Gasteiger partial charge in [-0.1, -0.05) is 18.2 Å². The number of nitrogens with zero attached hydrogens (tertiary/aromatic N) is 2. The van der Waals surface area contributed by atoms with Gasteiger partial charge in [0.25, 0.3) is 0 Å². The lowest BCUT2D eigenvalue weighted by Gasteiger charge is -2.36. The van der Waals surface area contributed by atoms with Gasteiger partial charge in [-0.05, 0) is 42.3 Å². The molecular weight excluding hydrogens is 370 g/mol. The van der Waals surface area contributed by atoms with Gasteiger partial charge in [-0.3, -0.25) is 0 Å². The third kappa shape index (κ3) is 5.40. The van der Waals surface area contributed by atoms with Gasteiger partial charge in [0.2, 0.25) is 0 Å². The molecule has 0 saturated carbocycles. The van der Waals surface area contributed by atoms with Gasteiger partial charge in [-0.2, -0.15) is 0 Å². The zero-order valence-corrected chi connectivity index (χ0v) is 16.9. The molecule has 2 aromatic carbocycles. The molecule has 1 heterocycles. The Kier molecular flexibility index (Phi) is 6.94. The Morgan fingerprint density at radius 3 is 2.38 bits per heavy atom. The van der Waals surface area contributed by atoms with Crippen molar-refractivity contribution in [3.8, 4) is 5.75 Å². The number of piperazine rings is 1. The van der Waals surface area contributed by atoms with Gasteiger partial charge in [0.1, 0.15) is 5.75 Å². The van der Waals surface area contributed by atoms with Crippen molar-refractivity contribution >= 4 is 17.7 Å². The summed E-state index contributed by atoms with van der Waals surface area (Å²) in [5.41, 5.74) is 2.65. The van der Waals surface area contributed by atoms with Crippen LogP contribution in [0.4, 0.5) is 10.5 Å². The first-order chi connectivity index (χ1) is 14.1. The van der Waals surface area contributed by atoms with E-state index in [1.807, 2.05) is 47.4 Å². The minimum Gasteiger partial charge on any atom is -0.497 e. The summed E-state index contributed by atoms with van der Waals surface area (Å²) in [4.78, 5) is 28.1. The van der Waals surface area contributed by atoms with Crippen molar-refractivity contribution in [2.75, 3.05) is 51.8 Å². The maximum atomic E-state index is 12.4. The van der Waals surface area contributed by atoms with Crippen LogP contribution in [0.1, 0.15) is 15.9 Å². The Balaban J connectivity index is 1.45. The van der Waals surface area contributed by atoms with Crippen LogP contribution in [0.5, 0.6) is 5.75 Å². The number of rotatable bonds is 6. The molecule has 1 fully saturated rings. The van der Waals surface area contributed by atoms with Gasteiger partial charge in [0.05, 0.1) is 19.8 Å². The van der Waals surface area contributed by atoms with E-state index < -0.39 is 0 Å². The largest absolute Gasteiger partial charge is 0.497 e. The molecule has 0 spiro atoms. The highest BCUT2D eigenvalue weighted by Gasteiger charge is 2.21. The molecule has 0 bridgehead atoms. The van der Waals surface area contributed by atoms with Crippen molar-refractivity contribution in [1.29, 1.82) is 0 Å². The van der Waals surface area contributed by atoms with Crippen LogP contribution in [0.15, 0.2) is 48.5 Å². The van der Waals surface area contributed by atoms with Crippen LogP contribution in [0.3, 0.4) is 0 Å². The molecule has 1 saturated heterocycles. The number of urea groups is 1. The van der Waals surface area contributed by atoms with Crippen molar-refractivity contribution in [3.05, 3.63) is 59.7 Å². The third-order valence-electron chi connectivity index (χ3n) is 5.05. The smallest absolute Gasteiger partial charge is 0.337 e. The first-order valence-corrected chi connectivity index (χ1v) is 9.69. The van der Waals surface area contributed by atoms with Crippen molar-refractivity contribution < 1.29 is 19.1 Å². The molecule has 1 N–H and O–H groups in total. The molecule has 0 aromatic heterocycles. The van der Waals surface area contributed by atoms with Gasteiger partial charge in [-0.15, -0.1) is 0 Å². The molecule has 7 heteroatoms. The maximum Gasteiger partial charge on any atom is 0.337 e. The second-order valence-corrected chi connectivity index (χ2v) is 6.85. The summed E-state index contributed by atoms with van der Waals surface area (Å²) in [5.74, 6) is 0.481. The minimum absolute atomic E-state index is 0.0403. The molecule has 29 heavy (non-hydrogen) atoms. The number of ether oxygens (including phenoxy) is 2. The zero-order valence-electron chi connectivity index (χ0n) is 16.9. The molecular formula is C22H27N3O4. The van der Waals surface area contributed by atoms with Crippen LogP contribution in [0.25, 0.3) is 0 Å². The van der Waals surface area contributed by atoms with E-state index in [0.717, 1.165) is 36.5 Å². The summed E-state index contributed by atoms with van der Waals surface area (Å²) >= 11 is 0. The second kappa shape index (κ2) is 9.82. The summed E-state index contributed by atoms with van der Waals surface area (Å²) in [5, 5.41) is 2.99. The highest BCUT2D eigenvalue weighted by atomic mass is 16.5. The maximum absolute atomic E-state index is 12.4. The van der Waals surface area contributed by atoms with Crippen LogP contribution in [-0.2, 0) is 11.2 Å². The minimum atomic E-state index is -0.346. The third-order valence-corrected chi connectivity index (χ3v) is 5.05. The predicted molar refractivity (Wildman–Crippen MR) is 112 cm³/mol. The van der Waals surface area contributed by atoms with E-state index in [2.05, 4.69) is 10.2 Å². The van der Waals surface area contributed by atoms with Gasteiger partial charge < -0.3 is 24.6 Å². The number of methoxy groups -OCH3 is 2. The summed E-state index contributed by atoms with van der Waals surface area (Å²) in [7, 11) is 3.02. The SMILES string of the molecule is COC(=O)c1cccc(N2CCN(C(=O)NCCc3ccc(OC)cc3)CC2)c1. The standard InChI is InChI=1S/C22H27N3O4/c1-28-20-8-6-17(7-9-20)10-11-23-22(27)25-14-12-24(13-15-25)19-5-3-4-18(16-19)21(26)29-2/h3-9,16H,10-15H2,1-2H3,(H,23,27). The van der Waals surface area contributed by atoms with Crippen LogP contribution < -0.4 is 15.0 Å². The molecule has 0 radical (unpaired) electrons. The average Bonchev–Trinajstić information content (AvgIpc) is 2.79. The van der Waals surface area contributed by atoms with Crippen LogP contribution in [0.2, 0.25) is 0 Å². The van der Waals surface area contributed by atoms with Crippen LogP contribution in [0, 0.1) is 0 Å². The fourth-order valence-electron chi connectivity index (χ4n) is 3.33. The Hall–Kier alpha value is -3.22. The average molecular weight is 397 g/mol. The first kappa shape index (κ1) is 20.5. The lowest BCUT2D eigenvalue weighted by molar-refractivity contribution is 0.0600. The summed E-state index contributed by atoms with van der Waals surface area (Å²) in [6.45, 7) is 3.30. The summed E-state index contributed by atoms with van der Waals surface area (Å²) in [6.07, 6.45) is 0.774. The number of carbonyl (C=O) groups is 2. The number of amides is 2. The van der Waals surface area contributed by atoms with E-state index in [9.17, 15) is 9.59 Å². The number of esters is 1. The molecule has 0 atom stereocenters. The molecule has 1 aliphatic rings. The van der Waals surface area contributed by atoms with E-state index in [-0.39, 0.29) is 12.0 Å². The monoisotopic (exact) mass is 397 g/mol. The lowest BCUT2D eigenvalue weighted by Crippen LogP contribution is -2.52. The molecule has 1 aliphatic heterocycles. The molecule has 3 rings (SSSR count). The number of anilines is 1. The van der Waals surface area contributed by atoms with Gasteiger partial charge in [0.15, 0.2) is 0 Å². The molecule has 2 aromatic rings. The summed E-state index contributed by atoms with van der Waals surface area (Å²) in [6, 6.07) is 15.2. The van der Waals surface area contributed by atoms with Crippen LogP contribution in [-0.4, -0.2) is 63.8 Å². The Bertz CT molecular complexity index is 830. The van der Waals surface area contributed by atoms with E-state index >= 15 is 0 Å². The highest BCUT2D eigenvalue weighted by Crippen LogP contribution is 2.19. The number of nitrogens with one attached hydrogen (secondary N) is 1. The molecule has 7 nitrogen and oxygen atoms in total. The quantitative estimate of drug-likeness (QED) is 0.759.